The molecule has 0 amide bonds. The summed E-state index contributed by atoms with van der Waals surface area (Å²) in [7, 11) is 0. The van der Waals surface area contributed by atoms with E-state index in [4.69, 9.17) is 5.11 Å². The highest BCUT2D eigenvalue weighted by Crippen LogP contribution is 2.39. The van der Waals surface area contributed by atoms with Crippen molar-refractivity contribution in [2.45, 2.75) is 12.5 Å². The average Bonchev–Trinajstić information content (AvgIpc) is 2.16. The van der Waals surface area contributed by atoms with Gasteiger partial charge in [0, 0.05) is 6.20 Å². The van der Waals surface area contributed by atoms with Crippen LogP contribution in [-0.4, -0.2) is 22.4 Å². The molecular weight excluding hydrogens is 399 g/mol. The van der Waals surface area contributed by atoms with Crippen molar-refractivity contribution in [2.24, 2.45) is 0 Å². The van der Waals surface area contributed by atoms with E-state index in [9.17, 15) is 31.1 Å². The summed E-state index contributed by atoms with van der Waals surface area (Å²) in [6.45, 7) is 0. The van der Waals surface area contributed by atoms with Gasteiger partial charge >= 0.3 is 18.5 Å². The lowest BCUT2D eigenvalue weighted by Crippen LogP contribution is -2.22. The van der Waals surface area contributed by atoms with Gasteiger partial charge in [-0.05, 0) is 22.6 Å². The first-order valence-electron chi connectivity index (χ1n) is 4.18. The molecule has 0 radical (unpaired) electrons. The van der Waals surface area contributed by atoms with E-state index in [2.05, 4.69) is 9.72 Å². The van der Waals surface area contributed by atoms with Gasteiger partial charge in [-0.2, -0.15) is 13.2 Å². The Morgan fingerprint density at radius 1 is 1.26 bits per heavy atom. The van der Waals surface area contributed by atoms with Crippen LogP contribution in [0.1, 0.15) is 16.1 Å². The van der Waals surface area contributed by atoms with Crippen LogP contribution < -0.4 is 4.74 Å². The number of hydrogen-bond acceptors (Lipinski definition) is 3. The van der Waals surface area contributed by atoms with Crippen LogP contribution in [0.25, 0.3) is 0 Å². The van der Waals surface area contributed by atoms with Crippen LogP contribution >= 0.6 is 22.6 Å². The van der Waals surface area contributed by atoms with E-state index in [1.165, 1.54) is 0 Å². The predicted molar refractivity (Wildman–Crippen MR) is 55.6 cm³/mol. The second-order valence-corrected chi connectivity index (χ2v) is 4.09. The smallest absolute Gasteiger partial charge is 0.476 e. The minimum atomic E-state index is -5.34. The molecule has 0 aromatic carbocycles. The Balaban J connectivity index is 3.49. The number of halogens is 7. The van der Waals surface area contributed by atoms with Gasteiger partial charge in [-0.3, -0.25) is 0 Å². The van der Waals surface area contributed by atoms with Crippen molar-refractivity contribution >= 4 is 28.6 Å². The van der Waals surface area contributed by atoms with E-state index >= 15 is 0 Å². The Bertz CT molecular complexity index is 512. The lowest BCUT2D eigenvalue weighted by molar-refractivity contribution is -0.275. The SMILES string of the molecule is O=C(O)c1ncc(C(F)(F)F)c(I)c1OC(F)(F)F. The van der Waals surface area contributed by atoms with Gasteiger partial charge in [-0.15, -0.1) is 13.2 Å². The Morgan fingerprint density at radius 3 is 2.16 bits per heavy atom. The number of nitrogens with zero attached hydrogens (tertiary/aromatic N) is 1. The summed E-state index contributed by atoms with van der Waals surface area (Å²) in [6, 6.07) is 0. The van der Waals surface area contributed by atoms with Crippen LogP contribution in [0.4, 0.5) is 26.3 Å². The monoisotopic (exact) mass is 401 g/mol. The molecule has 1 heterocycles. The van der Waals surface area contributed by atoms with Crippen LogP contribution in [0, 0.1) is 3.57 Å². The van der Waals surface area contributed by atoms with Gasteiger partial charge in [0.2, 0.25) is 0 Å². The molecule has 4 nitrogen and oxygen atoms in total. The number of ether oxygens (including phenoxy) is 1. The molecule has 1 aromatic rings. The first kappa shape index (κ1) is 15.8. The second kappa shape index (κ2) is 5.02. The minimum absolute atomic E-state index is 0.133. The highest BCUT2D eigenvalue weighted by molar-refractivity contribution is 14.1. The third-order valence-electron chi connectivity index (χ3n) is 1.70. The Morgan fingerprint density at radius 2 is 1.79 bits per heavy atom. The number of alkyl halides is 6. The van der Waals surface area contributed by atoms with Crippen LogP contribution in [0.5, 0.6) is 5.75 Å². The van der Waals surface area contributed by atoms with Gasteiger partial charge in [0.1, 0.15) is 0 Å². The molecule has 106 valence electrons. The van der Waals surface area contributed by atoms with Crippen LogP contribution in [-0.2, 0) is 6.18 Å². The molecule has 0 aliphatic carbocycles. The summed E-state index contributed by atoms with van der Waals surface area (Å²) < 4.78 is 75.9. The fourth-order valence-electron chi connectivity index (χ4n) is 1.03. The highest BCUT2D eigenvalue weighted by atomic mass is 127. The molecule has 0 atom stereocenters. The molecule has 0 unspecified atom stereocenters. The Kier molecular flexibility index (Phi) is 4.17. The lowest BCUT2D eigenvalue weighted by atomic mass is 10.2. The maximum atomic E-state index is 12.5. The van der Waals surface area contributed by atoms with Crippen LogP contribution in [0.15, 0.2) is 6.20 Å². The fourth-order valence-corrected chi connectivity index (χ4v) is 1.84. The fraction of sp³-hybridized carbons (Fsp3) is 0.250. The Labute approximate surface area is 114 Å². The zero-order valence-corrected chi connectivity index (χ0v) is 10.6. The zero-order valence-electron chi connectivity index (χ0n) is 8.43. The zero-order chi connectivity index (χ0) is 15.0. The summed E-state index contributed by atoms with van der Waals surface area (Å²) in [5, 5.41) is 8.59. The van der Waals surface area contributed by atoms with Crippen molar-refractivity contribution in [1.29, 1.82) is 0 Å². The van der Waals surface area contributed by atoms with E-state index in [1.807, 2.05) is 0 Å². The van der Waals surface area contributed by atoms with Gasteiger partial charge in [0.05, 0.1) is 9.13 Å². The largest absolute Gasteiger partial charge is 0.573 e. The number of carbonyl (C=O) groups is 1. The molecule has 1 N–H and O–H groups in total. The van der Waals surface area contributed by atoms with Crippen molar-refractivity contribution in [3.05, 3.63) is 21.0 Å². The van der Waals surface area contributed by atoms with Gasteiger partial charge < -0.3 is 9.84 Å². The number of carboxylic acids is 1. The maximum absolute atomic E-state index is 12.5. The molecule has 0 aliphatic heterocycles. The molecule has 1 rings (SSSR count). The van der Waals surface area contributed by atoms with Crippen molar-refractivity contribution in [2.75, 3.05) is 0 Å². The quantitative estimate of drug-likeness (QED) is 0.611. The molecule has 0 spiro atoms. The van der Waals surface area contributed by atoms with Crippen molar-refractivity contribution < 1.29 is 41.0 Å². The van der Waals surface area contributed by atoms with Gasteiger partial charge in [-0.1, -0.05) is 0 Å². The molecule has 0 aliphatic rings. The van der Waals surface area contributed by atoms with Crippen molar-refractivity contribution in [1.82, 2.24) is 4.98 Å². The first-order valence-corrected chi connectivity index (χ1v) is 5.26. The summed E-state index contributed by atoms with van der Waals surface area (Å²) in [5.41, 5.74) is -2.77. The van der Waals surface area contributed by atoms with Gasteiger partial charge in [0.15, 0.2) is 11.4 Å². The number of aromatic nitrogens is 1. The summed E-state index contributed by atoms with van der Waals surface area (Å²) in [6.07, 6.45) is -10.2. The van der Waals surface area contributed by atoms with Crippen LogP contribution in [0.3, 0.4) is 0 Å². The predicted octanol–water partition coefficient (Wildman–Crippen LogP) is 3.30. The standard InChI is InChI=1S/C8H2F6INO3/c9-7(10,11)2-1-16-4(6(17)18)5(3(2)15)19-8(12,13)14/h1H,(H,17,18). The number of hydrogen-bond donors (Lipinski definition) is 1. The van der Waals surface area contributed by atoms with E-state index in [-0.39, 0.29) is 6.20 Å². The second-order valence-electron chi connectivity index (χ2n) is 3.01. The molecule has 19 heavy (non-hydrogen) atoms. The first-order chi connectivity index (χ1) is 8.43. The molecular formula is C8H2F6INO3. The average molecular weight is 401 g/mol. The summed E-state index contributed by atoms with van der Waals surface area (Å²) >= 11 is 0.917. The van der Waals surface area contributed by atoms with Crippen molar-refractivity contribution in [3.63, 3.8) is 0 Å². The number of carboxylic acid groups (broad SMARTS) is 1. The summed E-state index contributed by atoms with van der Waals surface area (Å²) in [4.78, 5) is 13.5. The topological polar surface area (TPSA) is 59.4 Å². The molecule has 0 saturated carbocycles. The van der Waals surface area contributed by atoms with E-state index in [0.717, 1.165) is 22.6 Å². The number of rotatable bonds is 2. The number of pyridine rings is 1. The van der Waals surface area contributed by atoms with E-state index < -0.39 is 39.1 Å². The van der Waals surface area contributed by atoms with E-state index in [1.54, 1.807) is 0 Å². The van der Waals surface area contributed by atoms with E-state index in [0.29, 0.717) is 0 Å². The molecule has 11 heteroatoms. The highest BCUT2D eigenvalue weighted by Gasteiger charge is 2.40. The maximum Gasteiger partial charge on any atom is 0.573 e. The van der Waals surface area contributed by atoms with Gasteiger partial charge in [-0.25, -0.2) is 9.78 Å². The molecule has 1 aromatic heterocycles. The normalized spacial score (nSPS) is 12.4. The molecule has 0 fully saturated rings. The Hall–Kier alpha value is -1.27. The lowest BCUT2D eigenvalue weighted by Gasteiger charge is -2.16. The van der Waals surface area contributed by atoms with Crippen LogP contribution in [0.2, 0.25) is 0 Å². The van der Waals surface area contributed by atoms with Gasteiger partial charge in [0.25, 0.3) is 0 Å². The third-order valence-corrected chi connectivity index (χ3v) is 2.77. The third kappa shape index (κ3) is 3.84. The minimum Gasteiger partial charge on any atom is -0.476 e. The number of aromatic carboxylic acids is 1. The molecule has 0 saturated heterocycles. The van der Waals surface area contributed by atoms with Crippen molar-refractivity contribution in [3.8, 4) is 5.75 Å². The molecule has 0 bridgehead atoms. The summed E-state index contributed by atoms with van der Waals surface area (Å²) in [5.74, 6) is -3.43.